The predicted octanol–water partition coefficient (Wildman–Crippen LogP) is -2.71. The molecule has 156 valence electrons. The van der Waals surface area contributed by atoms with Crippen LogP contribution >= 0.6 is 0 Å². The van der Waals surface area contributed by atoms with Gasteiger partial charge in [0.2, 0.25) is 17.7 Å². The number of rotatable bonds is 10. The summed E-state index contributed by atoms with van der Waals surface area (Å²) in [6, 6.07) is -5.07. The van der Waals surface area contributed by atoms with Crippen LogP contribution in [0.4, 0.5) is 0 Å². The molecule has 0 aliphatic heterocycles. The van der Waals surface area contributed by atoms with Crippen molar-refractivity contribution in [3.05, 3.63) is 0 Å². The third-order valence-corrected chi connectivity index (χ3v) is 3.88. The molecular weight excluding hydrogens is 360 g/mol. The van der Waals surface area contributed by atoms with Crippen molar-refractivity contribution < 1.29 is 34.5 Å². The fourth-order valence-corrected chi connectivity index (χ4v) is 1.97. The van der Waals surface area contributed by atoms with Gasteiger partial charge in [-0.25, -0.2) is 0 Å². The average Bonchev–Trinajstić information content (AvgIpc) is 2.54. The summed E-state index contributed by atoms with van der Waals surface area (Å²) in [6.45, 7) is 7.11. The van der Waals surface area contributed by atoms with E-state index in [2.05, 4.69) is 16.0 Å². The Morgan fingerprint density at radius 3 is 1.44 bits per heavy atom. The number of carboxylic acids is 1. The van der Waals surface area contributed by atoms with Gasteiger partial charge in [-0.3, -0.25) is 19.2 Å². The number of carboxylic acid groups (broad SMARTS) is 1. The molecule has 6 unspecified atom stereocenters. The molecule has 0 spiro atoms. The Hall–Kier alpha value is -2.24. The Labute approximate surface area is 157 Å². The van der Waals surface area contributed by atoms with Crippen molar-refractivity contribution in [1.29, 1.82) is 0 Å². The Morgan fingerprint density at radius 1 is 0.741 bits per heavy atom. The lowest BCUT2D eigenvalue weighted by Gasteiger charge is -2.27. The summed E-state index contributed by atoms with van der Waals surface area (Å²) in [6.07, 6.45) is -2.68. The van der Waals surface area contributed by atoms with Crippen LogP contribution in [-0.2, 0) is 19.2 Å². The highest BCUT2D eigenvalue weighted by molar-refractivity contribution is 5.94. The Morgan fingerprint density at radius 2 is 1.11 bits per heavy atom. The van der Waals surface area contributed by atoms with Gasteiger partial charge in [0.1, 0.15) is 18.1 Å². The zero-order valence-electron chi connectivity index (χ0n) is 16.1. The Balaban J connectivity index is 5.22. The number of nitrogens with one attached hydrogen (secondary N) is 3. The SMILES string of the molecule is CC(NC(=O)C(NC(=O)C(NC(=O)C(N)C(C)C)C(C)O)C(C)O)C(=O)O. The van der Waals surface area contributed by atoms with Gasteiger partial charge in [0.15, 0.2) is 0 Å². The van der Waals surface area contributed by atoms with E-state index in [1.54, 1.807) is 13.8 Å². The number of hydrogen-bond acceptors (Lipinski definition) is 7. The molecule has 0 rings (SSSR count). The van der Waals surface area contributed by atoms with Gasteiger partial charge in [0, 0.05) is 0 Å². The summed E-state index contributed by atoms with van der Waals surface area (Å²) in [5, 5.41) is 35.0. The first-order valence-corrected chi connectivity index (χ1v) is 8.55. The van der Waals surface area contributed by atoms with Gasteiger partial charge in [-0.15, -0.1) is 0 Å². The molecule has 0 bridgehead atoms. The van der Waals surface area contributed by atoms with Crippen LogP contribution in [-0.4, -0.2) is 75.4 Å². The van der Waals surface area contributed by atoms with Crippen molar-refractivity contribution in [2.75, 3.05) is 0 Å². The average molecular weight is 390 g/mol. The number of aliphatic hydroxyl groups is 2. The lowest BCUT2D eigenvalue weighted by atomic mass is 10.0. The second-order valence-corrected chi connectivity index (χ2v) is 6.79. The van der Waals surface area contributed by atoms with E-state index in [0.29, 0.717) is 0 Å². The highest BCUT2D eigenvalue weighted by Crippen LogP contribution is 2.03. The third-order valence-electron chi connectivity index (χ3n) is 3.88. The van der Waals surface area contributed by atoms with E-state index in [1.165, 1.54) is 20.8 Å². The molecule has 11 nitrogen and oxygen atoms in total. The number of carbonyl (C=O) groups excluding carboxylic acids is 3. The summed E-state index contributed by atoms with van der Waals surface area (Å²) < 4.78 is 0. The van der Waals surface area contributed by atoms with E-state index in [4.69, 9.17) is 10.8 Å². The van der Waals surface area contributed by atoms with E-state index < -0.39 is 60.1 Å². The van der Waals surface area contributed by atoms with Crippen LogP contribution in [0.5, 0.6) is 0 Å². The lowest BCUT2D eigenvalue weighted by Crippen LogP contribution is -2.62. The smallest absolute Gasteiger partial charge is 0.325 e. The van der Waals surface area contributed by atoms with Gasteiger partial charge < -0.3 is 37.0 Å². The fourth-order valence-electron chi connectivity index (χ4n) is 1.97. The van der Waals surface area contributed by atoms with Crippen molar-refractivity contribution in [3.63, 3.8) is 0 Å². The number of amides is 3. The first kappa shape index (κ1) is 24.8. The summed E-state index contributed by atoms with van der Waals surface area (Å²) in [5.41, 5.74) is 5.70. The summed E-state index contributed by atoms with van der Waals surface area (Å²) in [5.74, 6) is -4.03. The van der Waals surface area contributed by atoms with Crippen LogP contribution in [0.2, 0.25) is 0 Å². The van der Waals surface area contributed by atoms with Gasteiger partial charge in [-0.2, -0.15) is 0 Å². The van der Waals surface area contributed by atoms with Crippen molar-refractivity contribution in [3.8, 4) is 0 Å². The topological polar surface area (TPSA) is 191 Å². The minimum Gasteiger partial charge on any atom is -0.480 e. The molecule has 0 saturated heterocycles. The molecule has 27 heavy (non-hydrogen) atoms. The molecule has 3 amide bonds. The maximum absolute atomic E-state index is 12.4. The van der Waals surface area contributed by atoms with Gasteiger partial charge >= 0.3 is 5.97 Å². The Bertz CT molecular complexity index is 551. The third kappa shape index (κ3) is 7.89. The number of carbonyl (C=O) groups is 4. The molecule has 11 heteroatoms. The van der Waals surface area contributed by atoms with Crippen LogP contribution < -0.4 is 21.7 Å². The maximum Gasteiger partial charge on any atom is 0.325 e. The molecule has 0 radical (unpaired) electrons. The van der Waals surface area contributed by atoms with Crippen molar-refractivity contribution in [2.24, 2.45) is 11.7 Å². The van der Waals surface area contributed by atoms with E-state index >= 15 is 0 Å². The minimum absolute atomic E-state index is 0.212. The predicted molar refractivity (Wildman–Crippen MR) is 95.3 cm³/mol. The molecule has 0 fully saturated rings. The van der Waals surface area contributed by atoms with Crippen LogP contribution in [0.25, 0.3) is 0 Å². The van der Waals surface area contributed by atoms with Crippen molar-refractivity contribution in [1.82, 2.24) is 16.0 Å². The number of aliphatic carboxylic acids is 1. The minimum atomic E-state index is -1.49. The van der Waals surface area contributed by atoms with E-state index in [9.17, 15) is 29.4 Å². The highest BCUT2D eigenvalue weighted by atomic mass is 16.4. The fraction of sp³-hybridized carbons (Fsp3) is 0.750. The quantitative estimate of drug-likeness (QED) is 0.209. The van der Waals surface area contributed by atoms with E-state index in [-0.39, 0.29) is 5.92 Å². The van der Waals surface area contributed by atoms with Crippen LogP contribution in [0.3, 0.4) is 0 Å². The molecule has 0 heterocycles. The van der Waals surface area contributed by atoms with Gasteiger partial charge in [0.25, 0.3) is 0 Å². The highest BCUT2D eigenvalue weighted by Gasteiger charge is 2.34. The summed E-state index contributed by atoms with van der Waals surface area (Å²) in [7, 11) is 0. The van der Waals surface area contributed by atoms with Crippen LogP contribution in [0.15, 0.2) is 0 Å². The molecule has 0 aromatic heterocycles. The molecule has 0 aromatic carbocycles. The molecular formula is C16H30N4O7. The summed E-state index contributed by atoms with van der Waals surface area (Å²) in [4.78, 5) is 47.4. The Kier molecular flexibility index (Phi) is 9.90. The number of aliphatic hydroxyl groups excluding tert-OH is 2. The molecule has 6 atom stereocenters. The second-order valence-electron chi connectivity index (χ2n) is 6.79. The lowest BCUT2D eigenvalue weighted by molar-refractivity contribution is -0.142. The van der Waals surface area contributed by atoms with E-state index in [0.717, 1.165) is 0 Å². The second kappa shape index (κ2) is 10.8. The maximum atomic E-state index is 12.4. The first-order valence-electron chi connectivity index (χ1n) is 8.55. The normalized spacial score (nSPS) is 17.8. The monoisotopic (exact) mass is 390 g/mol. The van der Waals surface area contributed by atoms with Gasteiger partial charge in [-0.1, -0.05) is 13.8 Å². The van der Waals surface area contributed by atoms with Gasteiger partial charge in [0.05, 0.1) is 18.2 Å². The number of nitrogens with two attached hydrogens (primary N) is 1. The molecule has 0 aromatic rings. The van der Waals surface area contributed by atoms with Crippen molar-refractivity contribution in [2.45, 2.75) is 71.0 Å². The van der Waals surface area contributed by atoms with E-state index in [1.807, 2.05) is 0 Å². The number of hydrogen-bond donors (Lipinski definition) is 7. The molecule has 0 saturated carbocycles. The first-order chi connectivity index (χ1) is 12.3. The molecule has 8 N–H and O–H groups in total. The van der Waals surface area contributed by atoms with Crippen LogP contribution in [0, 0.1) is 5.92 Å². The standard InChI is InChI=1S/C16H30N4O7/c1-6(2)10(17)13(23)19-12(9(5)22)15(25)20-11(8(4)21)14(24)18-7(3)16(26)27/h6-12,21-22H,17H2,1-5H3,(H,18,24)(H,19,23)(H,20,25)(H,26,27). The molecule has 0 aliphatic rings. The van der Waals surface area contributed by atoms with Crippen LogP contribution in [0.1, 0.15) is 34.6 Å². The summed E-state index contributed by atoms with van der Waals surface area (Å²) >= 11 is 0. The van der Waals surface area contributed by atoms with Gasteiger partial charge in [-0.05, 0) is 26.7 Å². The largest absolute Gasteiger partial charge is 0.480 e. The zero-order valence-corrected chi connectivity index (χ0v) is 16.1. The van der Waals surface area contributed by atoms with Crippen molar-refractivity contribution >= 4 is 23.7 Å². The zero-order chi connectivity index (χ0) is 21.5. The molecule has 0 aliphatic carbocycles.